The fraction of sp³-hybridized carbons (Fsp3) is 0. The first-order valence-corrected chi connectivity index (χ1v) is 4.16. The summed E-state index contributed by atoms with van der Waals surface area (Å²) in [6, 6.07) is 0. The Morgan fingerprint density at radius 1 is 1.67 bits per heavy atom. The Bertz CT molecular complexity index is 275. The molecule has 0 aromatic carbocycles. The van der Waals surface area contributed by atoms with Gasteiger partial charge < -0.3 is 0 Å². The van der Waals surface area contributed by atoms with E-state index in [0.29, 0.717) is 0 Å². The number of nitrogens with zero attached hydrogens (tertiary/aromatic N) is 2. The zero-order chi connectivity index (χ0) is 6.91. The molecule has 0 amide bonds. The van der Waals surface area contributed by atoms with Crippen molar-refractivity contribution in [3.05, 3.63) is 5.51 Å². The van der Waals surface area contributed by atoms with Gasteiger partial charge in [0.05, 0.1) is 0 Å². The van der Waals surface area contributed by atoms with Crippen LogP contribution in [0.5, 0.6) is 0 Å². The lowest BCUT2D eigenvalue weighted by atomic mass is 11.6. The molecule has 0 atom stereocenters. The molecule has 9 heavy (non-hydrogen) atoms. The third kappa shape index (κ3) is 1.44. The summed E-state index contributed by atoms with van der Waals surface area (Å²) in [7, 11) is -4.11. The van der Waals surface area contributed by atoms with Gasteiger partial charge in [-0.3, -0.25) is 4.55 Å². The monoisotopic (exact) mass is 166 g/mol. The van der Waals surface area contributed by atoms with Crippen LogP contribution in [0.15, 0.2) is 9.85 Å². The van der Waals surface area contributed by atoms with Crippen molar-refractivity contribution in [3.63, 3.8) is 0 Å². The quantitative estimate of drug-likeness (QED) is 0.583. The minimum Gasteiger partial charge on any atom is -0.280 e. The number of rotatable bonds is 1. The van der Waals surface area contributed by atoms with Crippen molar-refractivity contribution in [2.24, 2.45) is 0 Å². The van der Waals surface area contributed by atoms with Gasteiger partial charge in [0.15, 0.2) is 0 Å². The molecule has 0 aliphatic carbocycles. The molecular formula is C2H2N2O3S2. The van der Waals surface area contributed by atoms with Crippen molar-refractivity contribution in [3.8, 4) is 0 Å². The molecule has 1 aromatic heterocycles. The van der Waals surface area contributed by atoms with Crippen LogP contribution in [0, 0.1) is 0 Å². The fourth-order valence-electron chi connectivity index (χ4n) is 0.275. The van der Waals surface area contributed by atoms with Crippen LogP contribution in [0.3, 0.4) is 0 Å². The molecule has 0 aliphatic rings. The summed E-state index contributed by atoms with van der Waals surface area (Å²) in [6.45, 7) is 0. The van der Waals surface area contributed by atoms with E-state index in [0.717, 1.165) is 11.3 Å². The van der Waals surface area contributed by atoms with Crippen molar-refractivity contribution < 1.29 is 13.0 Å². The SMILES string of the molecule is O=S(=O)(O)c1nncs1. The minimum atomic E-state index is -4.11. The summed E-state index contributed by atoms with van der Waals surface area (Å²) >= 11 is 0.770. The van der Waals surface area contributed by atoms with Crippen LogP contribution in [0.25, 0.3) is 0 Å². The van der Waals surface area contributed by atoms with Crippen LogP contribution < -0.4 is 0 Å². The van der Waals surface area contributed by atoms with Crippen molar-refractivity contribution >= 4 is 21.5 Å². The highest BCUT2D eigenvalue weighted by atomic mass is 32.3. The molecule has 0 fully saturated rings. The molecule has 0 radical (unpaired) electrons. The highest BCUT2D eigenvalue weighted by Gasteiger charge is 2.11. The molecule has 1 heterocycles. The lowest BCUT2D eigenvalue weighted by Crippen LogP contribution is -1.96. The van der Waals surface area contributed by atoms with E-state index in [4.69, 9.17) is 4.55 Å². The summed E-state index contributed by atoms with van der Waals surface area (Å²) in [5.41, 5.74) is 1.23. The van der Waals surface area contributed by atoms with E-state index in [1.165, 1.54) is 5.51 Å². The summed E-state index contributed by atoms with van der Waals surface area (Å²) in [6.07, 6.45) is 0. The van der Waals surface area contributed by atoms with Gasteiger partial charge in [-0.15, -0.1) is 10.2 Å². The van der Waals surface area contributed by atoms with Crippen LogP contribution in [0.4, 0.5) is 0 Å². The largest absolute Gasteiger partial charge is 0.323 e. The Kier molecular flexibility index (Phi) is 1.47. The lowest BCUT2D eigenvalue weighted by molar-refractivity contribution is 0.481. The van der Waals surface area contributed by atoms with Crippen molar-refractivity contribution in [2.45, 2.75) is 4.34 Å². The molecule has 1 aromatic rings. The summed E-state index contributed by atoms with van der Waals surface area (Å²) in [4.78, 5) is 0. The average Bonchev–Trinajstić information content (AvgIpc) is 2.08. The average molecular weight is 166 g/mol. The highest BCUT2D eigenvalue weighted by molar-refractivity contribution is 7.87. The van der Waals surface area contributed by atoms with Crippen LogP contribution in [0.2, 0.25) is 0 Å². The Balaban J connectivity index is 3.20. The molecule has 0 spiro atoms. The van der Waals surface area contributed by atoms with Crippen molar-refractivity contribution in [2.75, 3.05) is 0 Å². The summed E-state index contributed by atoms with van der Waals surface area (Å²) in [5, 5.41) is 6.34. The number of hydrogen-bond donors (Lipinski definition) is 1. The van der Waals surface area contributed by atoms with E-state index in [9.17, 15) is 8.42 Å². The van der Waals surface area contributed by atoms with Gasteiger partial charge in [0.25, 0.3) is 4.34 Å². The standard InChI is InChI=1S/C2H2N2O3S2/c5-9(6,7)2-4-3-1-8-2/h1H,(H,5,6,7). The zero-order valence-electron chi connectivity index (χ0n) is 4.05. The zero-order valence-corrected chi connectivity index (χ0v) is 5.68. The third-order valence-corrected chi connectivity index (χ3v) is 2.49. The first-order valence-electron chi connectivity index (χ1n) is 1.84. The first kappa shape index (κ1) is 6.59. The number of aromatic nitrogens is 2. The molecule has 50 valence electrons. The normalized spacial score (nSPS) is 11.7. The second-order valence-electron chi connectivity index (χ2n) is 1.18. The van der Waals surface area contributed by atoms with E-state index in [2.05, 4.69) is 10.2 Å². The second-order valence-corrected chi connectivity index (χ2v) is 3.61. The van der Waals surface area contributed by atoms with Crippen LogP contribution in [-0.2, 0) is 10.1 Å². The van der Waals surface area contributed by atoms with Crippen molar-refractivity contribution in [1.29, 1.82) is 0 Å². The lowest BCUT2D eigenvalue weighted by Gasteiger charge is -1.81. The molecule has 7 heteroatoms. The molecule has 0 saturated heterocycles. The molecule has 0 unspecified atom stereocenters. The van der Waals surface area contributed by atoms with E-state index in [1.807, 2.05) is 0 Å². The van der Waals surface area contributed by atoms with Gasteiger partial charge >= 0.3 is 10.1 Å². The van der Waals surface area contributed by atoms with Gasteiger partial charge in [0.1, 0.15) is 5.51 Å². The molecule has 0 bridgehead atoms. The van der Waals surface area contributed by atoms with Crippen LogP contribution >= 0.6 is 11.3 Å². The minimum absolute atomic E-state index is 0.373. The third-order valence-electron chi connectivity index (χ3n) is 0.561. The smallest absolute Gasteiger partial charge is 0.280 e. The van der Waals surface area contributed by atoms with E-state index in [1.54, 1.807) is 0 Å². The van der Waals surface area contributed by atoms with Crippen LogP contribution in [-0.4, -0.2) is 23.2 Å². The molecule has 5 nitrogen and oxygen atoms in total. The first-order chi connectivity index (χ1) is 4.11. The predicted octanol–water partition coefficient (Wildman–Crippen LogP) is -0.215. The fourth-order valence-corrected chi connectivity index (χ4v) is 1.32. The molecule has 1 N–H and O–H groups in total. The van der Waals surface area contributed by atoms with Crippen LogP contribution in [0.1, 0.15) is 0 Å². The Hall–Kier alpha value is -0.530. The summed E-state index contributed by atoms with van der Waals surface area (Å²) < 4.78 is 28.2. The van der Waals surface area contributed by atoms with E-state index < -0.39 is 10.1 Å². The summed E-state index contributed by atoms with van der Waals surface area (Å²) in [5.74, 6) is 0. The highest BCUT2D eigenvalue weighted by Crippen LogP contribution is 2.07. The van der Waals surface area contributed by atoms with Gasteiger partial charge in [-0.1, -0.05) is 11.3 Å². The molecule has 1 rings (SSSR count). The maximum atomic E-state index is 10.2. The Labute approximate surface area is 55.1 Å². The van der Waals surface area contributed by atoms with E-state index in [-0.39, 0.29) is 4.34 Å². The molecular weight excluding hydrogens is 164 g/mol. The van der Waals surface area contributed by atoms with Gasteiger partial charge in [0.2, 0.25) is 0 Å². The topological polar surface area (TPSA) is 80.2 Å². The number of hydrogen-bond acceptors (Lipinski definition) is 5. The van der Waals surface area contributed by atoms with Gasteiger partial charge in [0, 0.05) is 0 Å². The van der Waals surface area contributed by atoms with Gasteiger partial charge in [-0.25, -0.2) is 0 Å². The molecule has 0 saturated carbocycles. The van der Waals surface area contributed by atoms with Gasteiger partial charge in [-0.2, -0.15) is 8.42 Å². The second kappa shape index (κ2) is 2.01. The predicted molar refractivity (Wildman–Crippen MR) is 29.7 cm³/mol. The Morgan fingerprint density at radius 2 is 2.33 bits per heavy atom. The van der Waals surface area contributed by atoms with E-state index >= 15 is 0 Å². The van der Waals surface area contributed by atoms with Gasteiger partial charge in [-0.05, 0) is 0 Å². The molecule has 0 aliphatic heterocycles. The maximum Gasteiger partial charge on any atom is 0.323 e. The van der Waals surface area contributed by atoms with Crippen molar-refractivity contribution in [1.82, 2.24) is 10.2 Å². The Morgan fingerprint density at radius 3 is 2.56 bits per heavy atom. The maximum absolute atomic E-state index is 10.2.